The number of benzene rings is 1. The van der Waals surface area contributed by atoms with Gasteiger partial charge in [0.15, 0.2) is 11.5 Å². The van der Waals surface area contributed by atoms with Gasteiger partial charge in [-0.3, -0.25) is 9.80 Å². The number of hydrogen-bond acceptors (Lipinski definition) is 4. The first kappa shape index (κ1) is 19.5. The summed E-state index contributed by atoms with van der Waals surface area (Å²) in [5.41, 5.74) is 1.24. The average Bonchev–Trinajstić information content (AvgIpc) is 2.67. The number of aromatic hydroxyl groups is 1. The molecule has 0 bridgehead atoms. The maximum atomic E-state index is 9.73. The van der Waals surface area contributed by atoms with E-state index in [4.69, 9.17) is 4.74 Å². The maximum Gasteiger partial charge on any atom is 0.160 e. The summed E-state index contributed by atoms with van der Waals surface area (Å²) in [7, 11) is 1.61. The molecule has 1 aliphatic carbocycles. The molecule has 2 fully saturated rings. The van der Waals surface area contributed by atoms with Crippen molar-refractivity contribution in [1.29, 1.82) is 0 Å². The number of nitrogens with zero attached hydrogens (tertiary/aromatic N) is 2. The Kier molecular flexibility index (Phi) is 6.82. The summed E-state index contributed by atoms with van der Waals surface area (Å²) < 4.78 is 5.22. The molecule has 0 amide bonds. The van der Waals surface area contributed by atoms with Gasteiger partial charge in [-0.2, -0.15) is 0 Å². The molecule has 1 heterocycles. The van der Waals surface area contributed by atoms with Crippen molar-refractivity contribution >= 4 is 0 Å². The van der Waals surface area contributed by atoms with Gasteiger partial charge in [0, 0.05) is 38.3 Å². The third-order valence-corrected chi connectivity index (χ3v) is 6.49. The van der Waals surface area contributed by atoms with Crippen LogP contribution in [0.2, 0.25) is 0 Å². The van der Waals surface area contributed by atoms with E-state index in [-0.39, 0.29) is 5.75 Å². The molecule has 1 aliphatic heterocycles. The van der Waals surface area contributed by atoms with Crippen molar-refractivity contribution in [3.05, 3.63) is 23.8 Å². The minimum atomic E-state index is 0.220. The SMILES string of the molecule is COc1cc(CCC(C)N2CCN(C3CCCC(C)C3)CC2)ccc1O. The molecular weight excluding hydrogens is 324 g/mol. The maximum absolute atomic E-state index is 9.73. The molecule has 4 nitrogen and oxygen atoms in total. The van der Waals surface area contributed by atoms with Gasteiger partial charge in [-0.1, -0.05) is 25.8 Å². The van der Waals surface area contributed by atoms with E-state index in [1.807, 2.05) is 12.1 Å². The fraction of sp³-hybridized carbons (Fsp3) is 0.727. The van der Waals surface area contributed by atoms with Gasteiger partial charge in [0.2, 0.25) is 0 Å². The van der Waals surface area contributed by atoms with E-state index in [1.165, 1.54) is 57.4 Å². The van der Waals surface area contributed by atoms with Gasteiger partial charge in [-0.15, -0.1) is 0 Å². The highest BCUT2D eigenvalue weighted by molar-refractivity contribution is 5.41. The van der Waals surface area contributed by atoms with Crippen LogP contribution in [0.15, 0.2) is 18.2 Å². The van der Waals surface area contributed by atoms with Crippen molar-refractivity contribution in [1.82, 2.24) is 9.80 Å². The summed E-state index contributed by atoms with van der Waals surface area (Å²) in [4.78, 5) is 5.41. The second-order valence-electron chi connectivity index (χ2n) is 8.39. The first-order chi connectivity index (χ1) is 12.6. The minimum absolute atomic E-state index is 0.220. The monoisotopic (exact) mass is 360 g/mol. The lowest BCUT2D eigenvalue weighted by Crippen LogP contribution is -2.53. The number of aryl methyl sites for hydroxylation is 1. The Morgan fingerprint density at radius 2 is 1.96 bits per heavy atom. The number of methoxy groups -OCH3 is 1. The Morgan fingerprint density at radius 3 is 2.65 bits per heavy atom. The van der Waals surface area contributed by atoms with Crippen LogP contribution in [0.5, 0.6) is 11.5 Å². The Balaban J connectivity index is 1.44. The minimum Gasteiger partial charge on any atom is -0.504 e. The molecule has 0 spiro atoms. The van der Waals surface area contributed by atoms with Crippen LogP contribution in [-0.4, -0.2) is 60.3 Å². The standard InChI is InChI=1S/C22H36N2O2/c1-17-5-4-6-20(15-17)24-13-11-23(12-14-24)18(2)7-8-19-9-10-21(25)22(16-19)26-3/h9-10,16-18,20,25H,4-8,11-15H2,1-3H3. The second-order valence-corrected chi connectivity index (χ2v) is 8.39. The zero-order valence-electron chi connectivity index (χ0n) is 16.8. The van der Waals surface area contributed by atoms with Crippen molar-refractivity contribution in [2.75, 3.05) is 33.3 Å². The Labute approximate surface area is 159 Å². The van der Waals surface area contributed by atoms with Crippen molar-refractivity contribution in [2.45, 2.75) is 64.5 Å². The molecule has 3 rings (SSSR count). The van der Waals surface area contributed by atoms with Gasteiger partial charge in [0.25, 0.3) is 0 Å². The van der Waals surface area contributed by atoms with E-state index in [0.717, 1.165) is 24.8 Å². The third kappa shape index (κ3) is 4.92. The highest BCUT2D eigenvalue weighted by atomic mass is 16.5. The quantitative estimate of drug-likeness (QED) is 0.834. The lowest BCUT2D eigenvalue weighted by molar-refractivity contribution is 0.0510. The van der Waals surface area contributed by atoms with Crippen LogP contribution in [-0.2, 0) is 6.42 Å². The van der Waals surface area contributed by atoms with Gasteiger partial charge in [-0.25, -0.2) is 0 Å². The molecule has 0 aromatic heterocycles. The van der Waals surface area contributed by atoms with Gasteiger partial charge >= 0.3 is 0 Å². The first-order valence-electron chi connectivity index (χ1n) is 10.4. The van der Waals surface area contributed by atoms with Crippen molar-refractivity contribution in [2.24, 2.45) is 5.92 Å². The molecule has 1 saturated heterocycles. The predicted octanol–water partition coefficient (Wildman–Crippen LogP) is 3.92. The summed E-state index contributed by atoms with van der Waals surface area (Å²) in [6.45, 7) is 9.64. The largest absolute Gasteiger partial charge is 0.504 e. The van der Waals surface area contributed by atoms with E-state index in [9.17, 15) is 5.11 Å². The second kappa shape index (κ2) is 9.09. The van der Waals surface area contributed by atoms with Gasteiger partial charge in [-0.05, 0) is 56.2 Å². The molecule has 146 valence electrons. The summed E-state index contributed by atoms with van der Waals surface area (Å²) >= 11 is 0. The number of piperazine rings is 1. The zero-order chi connectivity index (χ0) is 18.5. The number of phenols is 1. The Bertz CT molecular complexity index is 569. The zero-order valence-corrected chi connectivity index (χ0v) is 16.8. The van der Waals surface area contributed by atoms with Crippen LogP contribution in [0.3, 0.4) is 0 Å². The molecule has 0 radical (unpaired) electrons. The van der Waals surface area contributed by atoms with Gasteiger partial charge < -0.3 is 9.84 Å². The summed E-state index contributed by atoms with van der Waals surface area (Å²) in [6.07, 6.45) is 7.82. The molecule has 2 aliphatic rings. The molecule has 3 atom stereocenters. The van der Waals surface area contributed by atoms with E-state index >= 15 is 0 Å². The van der Waals surface area contributed by atoms with Crippen LogP contribution in [0.4, 0.5) is 0 Å². The molecule has 1 aromatic carbocycles. The number of hydrogen-bond donors (Lipinski definition) is 1. The summed E-state index contributed by atoms with van der Waals surface area (Å²) in [6, 6.07) is 7.14. The van der Waals surface area contributed by atoms with Crippen LogP contribution in [0.25, 0.3) is 0 Å². The molecule has 4 heteroatoms. The molecule has 26 heavy (non-hydrogen) atoms. The van der Waals surface area contributed by atoms with Crippen molar-refractivity contribution in [3.63, 3.8) is 0 Å². The first-order valence-corrected chi connectivity index (χ1v) is 10.4. The normalized spacial score (nSPS) is 26.6. The van der Waals surface area contributed by atoms with Crippen LogP contribution in [0, 0.1) is 5.92 Å². The van der Waals surface area contributed by atoms with E-state index < -0.39 is 0 Å². The smallest absolute Gasteiger partial charge is 0.160 e. The number of phenolic OH excluding ortho intramolecular Hbond substituents is 1. The predicted molar refractivity (Wildman–Crippen MR) is 107 cm³/mol. The van der Waals surface area contributed by atoms with Crippen LogP contribution < -0.4 is 4.74 Å². The highest BCUT2D eigenvalue weighted by Crippen LogP contribution is 2.29. The van der Waals surface area contributed by atoms with Gasteiger partial charge in [0.05, 0.1) is 7.11 Å². The molecular formula is C22H36N2O2. The van der Waals surface area contributed by atoms with E-state index in [1.54, 1.807) is 13.2 Å². The van der Waals surface area contributed by atoms with Crippen molar-refractivity contribution < 1.29 is 9.84 Å². The molecule has 1 N–H and O–H groups in total. The molecule has 3 unspecified atom stereocenters. The lowest BCUT2D eigenvalue weighted by Gasteiger charge is -2.43. The van der Waals surface area contributed by atoms with Crippen LogP contribution in [0.1, 0.15) is 51.5 Å². The third-order valence-electron chi connectivity index (χ3n) is 6.49. The molecule has 1 aromatic rings. The van der Waals surface area contributed by atoms with E-state index in [2.05, 4.69) is 23.6 Å². The summed E-state index contributed by atoms with van der Waals surface area (Å²) in [5, 5.41) is 9.73. The average molecular weight is 361 g/mol. The lowest BCUT2D eigenvalue weighted by atomic mass is 9.86. The molecule has 1 saturated carbocycles. The van der Waals surface area contributed by atoms with Crippen LogP contribution >= 0.6 is 0 Å². The topological polar surface area (TPSA) is 35.9 Å². The highest BCUT2D eigenvalue weighted by Gasteiger charge is 2.28. The fourth-order valence-corrected chi connectivity index (χ4v) is 4.71. The Hall–Kier alpha value is -1.26. The van der Waals surface area contributed by atoms with E-state index in [0.29, 0.717) is 11.8 Å². The number of ether oxygens (including phenoxy) is 1. The fourth-order valence-electron chi connectivity index (χ4n) is 4.71. The van der Waals surface area contributed by atoms with Crippen molar-refractivity contribution in [3.8, 4) is 11.5 Å². The van der Waals surface area contributed by atoms with Gasteiger partial charge in [0.1, 0.15) is 0 Å². The Morgan fingerprint density at radius 1 is 1.19 bits per heavy atom. The number of rotatable bonds is 6. The summed E-state index contributed by atoms with van der Waals surface area (Å²) in [5.74, 6) is 1.70.